The lowest BCUT2D eigenvalue weighted by Gasteiger charge is -2.15. The van der Waals surface area contributed by atoms with Gasteiger partial charge in [0.1, 0.15) is 11.4 Å². The maximum Gasteiger partial charge on any atom is 0.253 e. The predicted molar refractivity (Wildman–Crippen MR) is 118 cm³/mol. The van der Waals surface area contributed by atoms with Gasteiger partial charge in [-0.25, -0.2) is 22.0 Å². The third-order valence-electron chi connectivity index (χ3n) is 4.42. The van der Waals surface area contributed by atoms with E-state index in [1.165, 1.54) is 24.1 Å². The molecular weight excluding hydrogens is 530 g/mol. The summed E-state index contributed by atoms with van der Waals surface area (Å²) in [7, 11) is 0. The molecule has 14 heteroatoms. The van der Waals surface area contributed by atoms with Crippen LogP contribution in [-0.4, -0.2) is 23.2 Å². The third kappa shape index (κ3) is 4.86. The Labute approximate surface area is 204 Å². The molecule has 0 fully saturated rings. The van der Waals surface area contributed by atoms with Crippen LogP contribution in [0.2, 0.25) is 15.1 Å². The lowest BCUT2D eigenvalue weighted by Crippen LogP contribution is -2.23. The van der Waals surface area contributed by atoms with Crippen LogP contribution in [0.15, 0.2) is 22.3 Å². The molecule has 0 unspecified atom stereocenters. The fourth-order valence-electron chi connectivity index (χ4n) is 2.98. The number of hydrazone groups is 2. The summed E-state index contributed by atoms with van der Waals surface area (Å²) in [5.41, 5.74) is -0.0288. The summed E-state index contributed by atoms with van der Waals surface area (Å²) in [5, 5.41) is 9.96. The van der Waals surface area contributed by atoms with Crippen LogP contribution in [0.25, 0.3) is 0 Å². The fraction of sp³-hybridized carbons (Fsp3) is 0.200. The molecule has 4 rings (SSSR count). The van der Waals surface area contributed by atoms with Crippen molar-refractivity contribution < 1.29 is 31.5 Å². The topological polar surface area (TPSA) is 65.3 Å². The standard InChI is InChI=1S/C10H7Cl3N2O.C10H5F5N2O/c1-5-2-9(16)15(14-5)10-7(12)3-6(11)4-8(10)13;1-3-2-4(18)17(16-3)10-8(14)6(12)5(11)7(13)9(10)15/h3-4H,2H2,1H3;2H2,1H3. The molecule has 2 aromatic rings. The van der Waals surface area contributed by atoms with Gasteiger partial charge >= 0.3 is 0 Å². The highest BCUT2D eigenvalue weighted by molar-refractivity contribution is 6.42. The van der Waals surface area contributed by atoms with Gasteiger partial charge in [0, 0.05) is 16.4 Å². The Hall–Kier alpha value is -2.76. The van der Waals surface area contributed by atoms with Crippen LogP contribution >= 0.6 is 34.8 Å². The lowest BCUT2D eigenvalue weighted by molar-refractivity contribution is -0.117. The molecule has 180 valence electrons. The van der Waals surface area contributed by atoms with E-state index in [9.17, 15) is 31.5 Å². The number of carbonyl (C=O) groups excluding carboxylic acids is 2. The molecule has 2 amide bonds. The van der Waals surface area contributed by atoms with Crippen LogP contribution in [-0.2, 0) is 9.59 Å². The average Bonchev–Trinajstić information content (AvgIpc) is 3.24. The minimum absolute atomic E-state index is 0.149. The van der Waals surface area contributed by atoms with Crippen molar-refractivity contribution in [2.24, 2.45) is 10.2 Å². The maximum atomic E-state index is 13.4. The molecule has 2 heterocycles. The minimum Gasteiger partial charge on any atom is -0.272 e. The van der Waals surface area contributed by atoms with Gasteiger partial charge in [-0.3, -0.25) is 9.59 Å². The Morgan fingerprint density at radius 2 is 1.03 bits per heavy atom. The summed E-state index contributed by atoms with van der Waals surface area (Å²) < 4.78 is 65.4. The Morgan fingerprint density at radius 1 is 0.676 bits per heavy atom. The predicted octanol–water partition coefficient (Wildman–Crippen LogP) is 6.25. The number of hydrogen-bond donors (Lipinski definition) is 0. The molecule has 0 aliphatic carbocycles. The maximum absolute atomic E-state index is 13.4. The van der Waals surface area contributed by atoms with Crippen LogP contribution < -0.4 is 10.0 Å². The number of halogens is 8. The van der Waals surface area contributed by atoms with Crippen molar-refractivity contribution in [3.05, 3.63) is 56.3 Å². The Kier molecular flexibility index (Phi) is 7.49. The number of amides is 2. The van der Waals surface area contributed by atoms with Crippen LogP contribution in [0.4, 0.5) is 33.3 Å². The largest absolute Gasteiger partial charge is 0.272 e. The second-order valence-electron chi connectivity index (χ2n) is 7.07. The Morgan fingerprint density at radius 3 is 1.38 bits per heavy atom. The highest BCUT2D eigenvalue weighted by atomic mass is 35.5. The lowest BCUT2D eigenvalue weighted by atomic mass is 10.2. The monoisotopic (exact) mass is 540 g/mol. The molecule has 0 saturated heterocycles. The zero-order valence-electron chi connectivity index (χ0n) is 17.2. The van der Waals surface area contributed by atoms with Gasteiger partial charge in [-0.1, -0.05) is 34.8 Å². The molecule has 2 aliphatic heterocycles. The second-order valence-corrected chi connectivity index (χ2v) is 8.32. The highest BCUT2D eigenvalue weighted by Gasteiger charge is 2.34. The molecule has 2 aliphatic rings. The first-order valence-electron chi connectivity index (χ1n) is 9.23. The van der Waals surface area contributed by atoms with Crippen molar-refractivity contribution in [1.82, 2.24) is 0 Å². The van der Waals surface area contributed by atoms with Crippen molar-refractivity contribution in [3.63, 3.8) is 0 Å². The van der Waals surface area contributed by atoms with Gasteiger partial charge in [0.05, 0.1) is 22.9 Å². The molecule has 0 spiro atoms. The van der Waals surface area contributed by atoms with Gasteiger partial charge < -0.3 is 0 Å². The average molecular weight is 542 g/mol. The van der Waals surface area contributed by atoms with Gasteiger partial charge in [0.15, 0.2) is 23.3 Å². The first kappa shape index (κ1) is 25.9. The summed E-state index contributed by atoms with van der Waals surface area (Å²) in [5.74, 6) is -11.7. The molecule has 6 nitrogen and oxygen atoms in total. The van der Waals surface area contributed by atoms with Crippen LogP contribution in [0.5, 0.6) is 0 Å². The summed E-state index contributed by atoms with van der Waals surface area (Å²) in [6, 6.07) is 3.06. The van der Waals surface area contributed by atoms with Gasteiger partial charge in [-0.2, -0.15) is 20.2 Å². The molecule has 0 N–H and O–H groups in total. The van der Waals surface area contributed by atoms with E-state index in [0.29, 0.717) is 20.8 Å². The van der Waals surface area contributed by atoms with E-state index in [1.807, 2.05) is 0 Å². The number of hydrogen-bond acceptors (Lipinski definition) is 4. The summed E-state index contributed by atoms with van der Waals surface area (Å²) in [6.07, 6.45) is 0.0504. The van der Waals surface area contributed by atoms with Crippen molar-refractivity contribution in [2.75, 3.05) is 10.0 Å². The van der Waals surface area contributed by atoms with Crippen molar-refractivity contribution in [1.29, 1.82) is 0 Å². The van der Waals surface area contributed by atoms with Gasteiger partial charge in [0.25, 0.3) is 11.8 Å². The van der Waals surface area contributed by atoms with Crippen LogP contribution in [0.3, 0.4) is 0 Å². The van der Waals surface area contributed by atoms with Gasteiger partial charge in [0.2, 0.25) is 5.82 Å². The number of nitrogens with zero attached hydrogens (tertiary/aromatic N) is 4. The Balaban J connectivity index is 0.000000192. The molecule has 0 saturated carbocycles. The first-order chi connectivity index (χ1) is 15.8. The first-order valence-corrected chi connectivity index (χ1v) is 10.4. The van der Waals surface area contributed by atoms with Crippen molar-refractivity contribution in [3.8, 4) is 0 Å². The molecule has 0 bridgehead atoms. The molecule has 34 heavy (non-hydrogen) atoms. The van der Waals surface area contributed by atoms with Gasteiger partial charge in [-0.05, 0) is 26.0 Å². The van der Waals surface area contributed by atoms with E-state index in [4.69, 9.17) is 34.8 Å². The minimum atomic E-state index is -2.28. The quantitative estimate of drug-likeness (QED) is 0.256. The molecule has 0 atom stereocenters. The summed E-state index contributed by atoms with van der Waals surface area (Å²) in [4.78, 5) is 23.0. The van der Waals surface area contributed by atoms with Crippen LogP contribution in [0, 0.1) is 29.1 Å². The van der Waals surface area contributed by atoms with Crippen molar-refractivity contribution in [2.45, 2.75) is 26.7 Å². The van der Waals surface area contributed by atoms with Crippen LogP contribution in [0.1, 0.15) is 26.7 Å². The smallest absolute Gasteiger partial charge is 0.253 e. The number of rotatable bonds is 2. The van der Waals surface area contributed by atoms with E-state index >= 15 is 0 Å². The Bertz CT molecular complexity index is 1230. The van der Waals surface area contributed by atoms with E-state index in [-0.39, 0.29) is 29.5 Å². The normalized spacial score (nSPS) is 15.5. The molecule has 2 aromatic carbocycles. The second kappa shape index (κ2) is 9.85. The zero-order valence-corrected chi connectivity index (χ0v) is 19.5. The summed E-state index contributed by atoms with van der Waals surface area (Å²) >= 11 is 17.8. The molecular formula is C20H12Cl3F5N4O2. The number of anilines is 2. The van der Waals surface area contributed by atoms with Gasteiger partial charge in [-0.15, -0.1) is 0 Å². The van der Waals surface area contributed by atoms with Crippen molar-refractivity contribution >= 4 is 69.4 Å². The third-order valence-corrected chi connectivity index (χ3v) is 5.21. The molecule has 0 radical (unpaired) electrons. The highest BCUT2D eigenvalue weighted by Crippen LogP contribution is 2.38. The fourth-order valence-corrected chi connectivity index (χ4v) is 3.95. The van der Waals surface area contributed by atoms with E-state index in [0.717, 1.165) is 5.71 Å². The zero-order chi connectivity index (χ0) is 25.5. The van der Waals surface area contributed by atoms with E-state index in [2.05, 4.69) is 10.2 Å². The number of carbonyl (C=O) groups is 2. The summed E-state index contributed by atoms with van der Waals surface area (Å²) in [6.45, 7) is 3.17. The molecule has 0 aromatic heterocycles. The number of benzene rings is 2. The van der Waals surface area contributed by atoms with E-state index in [1.54, 1.807) is 6.92 Å². The van der Waals surface area contributed by atoms with E-state index < -0.39 is 40.7 Å². The SMILES string of the molecule is CC1=NN(c2c(Cl)cc(Cl)cc2Cl)C(=O)C1.CC1=NN(c2c(F)c(F)c(F)c(F)c2F)C(=O)C1.